The molecule has 32 heavy (non-hydrogen) atoms. The van der Waals surface area contributed by atoms with E-state index >= 15 is 0 Å². The number of fused-ring (bicyclic) bond motifs is 2. The molecule has 0 N–H and O–H groups in total. The summed E-state index contributed by atoms with van der Waals surface area (Å²) in [4.78, 5) is 1.60. The normalized spacial score (nSPS) is 11.1. The highest BCUT2D eigenvalue weighted by molar-refractivity contribution is 7.98. The highest BCUT2D eigenvalue weighted by atomic mass is 32.2. The van der Waals surface area contributed by atoms with Crippen LogP contribution in [0.15, 0.2) is 58.3 Å². The Labute approximate surface area is 192 Å². The quantitative estimate of drug-likeness (QED) is 0.393. The number of para-hydroxylation sites is 2. The zero-order valence-corrected chi connectivity index (χ0v) is 20.1. The molecular weight excluding hydrogens is 440 g/mol. The van der Waals surface area contributed by atoms with E-state index in [1.54, 1.807) is 35.4 Å². The van der Waals surface area contributed by atoms with Gasteiger partial charge in [-0.05, 0) is 32.2 Å². The predicted molar refractivity (Wildman–Crippen MR) is 129 cm³/mol. The van der Waals surface area contributed by atoms with Crippen LogP contribution < -0.4 is 0 Å². The molecule has 0 aliphatic carbocycles. The smallest absolute Gasteiger partial charge is 0.177 e. The summed E-state index contributed by atoms with van der Waals surface area (Å²) in [6.45, 7) is 4.38. The Kier molecular flexibility index (Phi) is 6.98. The first-order valence-electron chi connectivity index (χ1n) is 9.89. The van der Waals surface area contributed by atoms with E-state index < -0.39 is 9.84 Å². The third kappa shape index (κ3) is 4.25. The molecule has 2 aromatic carbocycles. The maximum absolute atomic E-state index is 11.8. The second-order valence-electron chi connectivity index (χ2n) is 7.33. The Balaban J connectivity index is 0.000000182. The monoisotopic (exact) mass is 464 g/mol. The van der Waals surface area contributed by atoms with Gasteiger partial charge in [0.25, 0.3) is 0 Å². The average Bonchev–Trinajstić information content (AvgIpc) is 3.20. The molecule has 4 rings (SSSR count). The molecular formula is C24H24N4O2S2. The number of benzene rings is 2. The molecule has 0 bridgehead atoms. The molecule has 4 aromatic rings. The zero-order valence-electron chi connectivity index (χ0n) is 18.5. The molecule has 0 aliphatic heterocycles. The first-order valence-corrected chi connectivity index (χ1v) is 13.0. The Morgan fingerprint density at radius 2 is 1.31 bits per heavy atom. The minimum atomic E-state index is -3.29. The van der Waals surface area contributed by atoms with Crippen LogP contribution in [-0.4, -0.2) is 30.1 Å². The molecule has 2 aromatic heterocycles. The summed E-state index contributed by atoms with van der Waals surface area (Å²) in [6, 6.07) is 19.7. The Hall–Kier alpha value is -3.20. The van der Waals surface area contributed by atoms with Crippen molar-refractivity contribution in [1.29, 1.82) is 10.5 Å². The van der Waals surface area contributed by atoms with Crippen molar-refractivity contribution in [2.75, 3.05) is 12.5 Å². The lowest BCUT2D eigenvalue weighted by molar-refractivity contribution is 0.601. The van der Waals surface area contributed by atoms with E-state index in [0.29, 0.717) is 22.5 Å². The molecule has 0 atom stereocenters. The number of nitrogens with zero attached hydrogens (tertiary/aromatic N) is 4. The number of hydrogen-bond acceptors (Lipinski definition) is 5. The fraction of sp³-hybridized carbons (Fsp3) is 0.250. The van der Waals surface area contributed by atoms with Crippen molar-refractivity contribution in [3.8, 4) is 12.1 Å². The van der Waals surface area contributed by atoms with Crippen LogP contribution in [-0.2, 0) is 22.9 Å². The van der Waals surface area contributed by atoms with Crippen molar-refractivity contribution in [1.82, 2.24) is 9.13 Å². The number of sulfone groups is 1. The standard InChI is InChI=1S/C12H12N2O2S.C12H12N2S/c1-9-12(17(2,15)16)10-5-3-4-6-11(10)14(9)8-7-13;1-9-12(15-2)10-5-3-4-6-11(10)14(9)8-7-13/h3-6H,8H2,1-2H3;3-6H,8H2,1-2H3. The van der Waals surface area contributed by atoms with Gasteiger partial charge in [0.05, 0.1) is 28.1 Å². The molecule has 0 amide bonds. The van der Waals surface area contributed by atoms with E-state index in [-0.39, 0.29) is 6.54 Å². The Bertz CT molecular complexity index is 1480. The molecule has 0 fully saturated rings. The summed E-state index contributed by atoms with van der Waals surface area (Å²) in [7, 11) is -3.29. The number of nitriles is 2. The van der Waals surface area contributed by atoms with Crippen molar-refractivity contribution < 1.29 is 8.42 Å². The van der Waals surface area contributed by atoms with Crippen LogP contribution in [0.5, 0.6) is 0 Å². The summed E-state index contributed by atoms with van der Waals surface area (Å²) in [5, 5.41) is 19.5. The molecule has 2 heterocycles. The second kappa shape index (κ2) is 9.52. The summed E-state index contributed by atoms with van der Waals surface area (Å²) >= 11 is 1.74. The Morgan fingerprint density at radius 1 is 0.844 bits per heavy atom. The lowest BCUT2D eigenvalue weighted by atomic mass is 10.2. The number of hydrogen-bond donors (Lipinski definition) is 0. The zero-order chi connectivity index (χ0) is 23.5. The van der Waals surface area contributed by atoms with Gasteiger partial charge in [0.2, 0.25) is 0 Å². The van der Waals surface area contributed by atoms with Crippen LogP contribution >= 0.6 is 11.8 Å². The number of rotatable bonds is 4. The summed E-state index contributed by atoms with van der Waals surface area (Å²) in [5.41, 5.74) is 3.74. The van der Waals surface area contributed by atoms with Gasteiger partial charge in [-0.1, -0.05) is 36.4 Å². The third-order valence-electron chi connectivity index (χ3n) is 5.38. The Morgan fingerprint density at radius 3 is 1.81 bits per heavy atom. The van der Waals surface area contributed by atoms with Gasteiger partial charge in [-0.3, -0.25) is 0 Å². The maximum atomic E-state index is 11.8. The number of aromatic nitrogens is 2. The van der Waals surface area contributed by atoms with E-state index in [1.807, 2.05) is 30.3 Å². The largest absolute Gasteiger partial charge is 0.330 e. The first-order chi connectivity index (χ1) is 15.3. The van der Waals surface area contributed by atoms with Crippen molar-refractivity contribution in [2.24, 2.45) is 0 Å². The minimum Gasteiger partial charge on any atom is -0.330 e. The number of thioether (sulfide) groups is 1. The average molecular weight is 465 g/mol. The van der Waals surface area contributed by atoms with Gasteiger partial charge in [-0.2, -0.15) is 10.5 Å². The van der Waals surface area contributed by atoms with Crippen molar-refractivity contribution in [2.45, 2.75) is 36.7 Å². The van der Waals surface area contributed by atoms with E-state index in [0.717, 1.165) is 11.0 Å². The molecule has 0 radical (unpaired) electrons. The molecule has 0 aliphatic rings. The van der Waals surface area contributed by atoms with Gasteiger partial charge in [-0.25, -0.2) is 8.42 Å². The van der Waals surface area contributed by atoms with Crippen LogP contribution in [0.2, 0.25) is 0 Å². The topological polar surface area (TPSA) is 91.6 Å². The summed E-state index contributed by atoms with van der Waals surface area (Å²) in [5.74, 6) is 0. The SMILES string of the molecule is CSc1c(C)n(CC#N)c2ccccc12.Cc1c(S(C)(=O)=O)c2ccccc2n1CC#N. The van der Waals surface area contributed by atoms with Gasteiger partial charge in [0.1, 0.15) is 13.1 Å². The summed E-state index contributed by atoms with van der Waals surface area (Å²) in [6.07, 6.45) is 3.27. The highest BCUT2D eigenvalue weighted by Crippen LogP contribution is 2.32. The van der Waals surface area contributed by atoms with Crippen LogP contribution in [0, 0.1) is 36.5 Å². The summed E-state index contributed by atoms with van der Waals surface area (Å²) < 4.78 is 27.4. The van der Waals surface area contributed by atoms with Gasteiger partial charge < -0.3 is 9.13 Å². The van der Waals surface area contributed by atoms with Crippen LogP contribution in [0.25, 0.3) is 21.8 Å². The lowest BCUT2D eigenvalue weighted by Gasteiger charge is -2.02. The van der Waals surface area contributed by atoms with E-state index in [4.69, 9.17) is 10.5 Å². The molecule has 0 unspecified atom stereocenters. The molecule has 8 heteroatoms. The first kappa shape index (κ1) is 23.5. The van der Waals surface area contributed by atoms with Crippen LogP contribution in [0.4, 0.5) is 0 Å². The minimum absolute atomic E-state index is 0.155. The van der Waals surface area contributed by atoms with Gasteiger partial charge in [0.15, 0.2) is 9.84 Å². The fourth-order valence-corrected chi connectivity index (χ4v) is 6.09. The maximum Gasteiger partial charge on any atom is 0.177 e. The fourth-order valence-electron chi connectivity index (χ4n) is 4.07. The predicted octanol–water partition coefficient (Wildman–Crippen LogP) is 5.07. The van der Waals surface area contributed by atoms with Gasteiger partial charge >= 0.3 is 0 Å². The van der Waals surface area contributed by atoms with Crippen molar-refractivity contribution >= 4 is 43.4 Å². The molecule has 164 valence electrons. The van der Waals surface area contributed by atoms with Crippen LogP contribution in [0.1, 0.15) is 11.4 Å². The third-order valence-corrected chi connectivity index (χ3v) is 7.56. The van der Waals surface area contributed by atoms with Crippen LogP contribution in [0.3, 0.4) is 0 Å². The van der Waals surface area contributed by atoms with E-state index in [9.17, 15) is 8.42 Å². The highest BCUT2D eigenvalue weighted by Gasteiger charge is 2.20. The second-order valence-corrected chi connectivity index (χ2v) is 10.1. The van der Waals surface area contributed by atoms with Crippen molar-refractivity contribution in [3.63, 3.8) is 0 Å². The molecule has 0 saturated carbocycles. The van der Waals surface area contributed by atoms with Gasteiger partial charge in [0, 0.05) is 33.3 Å². The molecule has 0 saturated heterocycles. The van der Waals surface area contributed by atoms with E-state index in [1.165, 1.54) is 22.2 Å². The lowest BCUT2D eigenvalue weighted by Crippen LogP contribution is -2.02. The molecule has 6 nitrogen and oxygen atoms in total. The van der Waals surface area contributed by atoms with Gasteiger partial charge in [-0.15, -0.1) is 11.8 Å². The van der Waals surface area contributed by atoms with Crippen molar-refractivity contribution in [3.05, 3.63) is 59.9 Å². The molecule has 0 spiro atoms. The van der Waals surface area contributed by atoms with E-state index in [2.05, 4.69) is 35.9 Å².